The summed E-state index contributed by atoms with van der Waals surface area (Å²) in [5.41, 5.74) is 5.89. The number of aryl methyl sites for hydroxylation is 1. The number of terminal acetylenes is 1. The molecule has 2 aromatic heterocycles. The molecule has 170 valence electrons. The smallest absolute Gasteiger partial charge is 0.442 e. The summed E-state index contributed by atoms with van der Waals surface area (Å²) in [6.45, 7) is 7.33. The van der Waals surface area contributed by atoms with E-state index in [1.807, 2.05) is 20.8 Å². The van der Waals surface area contributed by atoms with Crippen LogP contribution in [0.25, 0.3) is 5.69 Å². The number of hydrogen-bond donors (Lipinski definition) is 2. The molecule has 3 rings (SSSR count). The van der Waals surface area contributed by atoms with Gasteiger partial charge in [-0.05, 0) is 13.0 Å². The molecule has 2 heterocycles. The van der Waals surface area contributed by atoms with Crippen molar-refractivity contribution in [1.82, 2.24) is 19.7 Å². The van der Waals surface area contributed by atoms with Crippen LogP contribution in [0.15, 0.2) is 27.5 Å². The Labute approximate surface area is 195 Å². The number of aromatic nitrogens is 4. The molecule has 0 spiro atoms. The van der Waals surface area contributed by atoms with E-state index in [-0.39, 0.29) is 23.3 Å². The number of halogens is 2. The van der Waals surface area contributed by atoms with Crippen molar-refractivity contribution in [3.8, 4) is 23.8 Å². The summed E-state index contributed by atoms with van der Waals surface area (Å²) >= 11 is 12.2. The maximum absolute atomic E-state index is 12.0. The van der Waals surface area contributed by atoms with Gasteiger partial charge in [-0.1, -0.05) is 49.9 Å². The Bertz CT molecular complexity index is 1190. The van der Waals surface area contributed by atoms with Crippen LogP contribution in [0, 0.1) is 19.3 Å². The Morgan fingerprint density at radius 1 is 1.31 bits per heavy atom. The highest BCUT2D eigenvalue weighted by Gasteiger charge is 2.24. The summed E-state index contributed by atoms with van der Waals surface area (Å²) in [4.78, 5) is 19.7. The van der Waals surface area contributed by atoms with Crippen LogP contribution in [0.1, 0.15) is 38.0 Å². The van der Waals surface area contributed by atoms with Gasteiger partial charge in [-0.3, -0.25) is 0 Å². The number of benzene rings is 1. The fraction of sp³-hybridized carbons (Fsp3) is 0.333. The number of aliphatic hydroxyl groups excluding tert-OH is 1. The lowest BCUT2D eigenvalue weighted by Crippen LogP contribution is -2.15. The van der Waals surface area contributed by atoms with Gasteiger partial charge < -0.3 is 20.0 Å². The van der Waals surface area contributed by atoms with E-state index in [4.69, 9.17) is 49.6 Å². The number of hydrogen-bond acceptors (Lipinski definition) is 8. The van der Waals surface area contributed by atoms with Gasteiger partial charge in [0.25, 0.3) is 0 Å². The molecule has 0 bridgehead atoms. The minimum Gasteiger partial charge on any atom is -0.479 e. The molecule has 32 heavy (non-hydrogen) atoms. The van der Waals surface area contributed by atoms with Crippen molar-refractivity contribution >= 4 is 29.0 Å². The van der Waals surface area contributed by atoms with Crippen molar-refractivity contribution < 1.29 is 14.3 Å². The molecule has 1 aromatic carbocycles. The largest absolute Gasteiger partial charge is 0.479 e. The van der Waals surface area contributed by atoms with Crippen LogP contribution in [-0.2, 0) is 12.0 Å². The zero-order chi connectivity index (χ0) is 24.1. The first-order valence-electron chi connectivity index (χ1n) is 9.33. The molecule has 9 nitrogen and oxygen atoms in total. The summed E-state index contributed by atoms with van der Waals surface area (Å²) in [6.07, 6.45) is 6.68. The van der Waals surface area contributed by atoms with E-state index in [0.717, 1.165) is 4.68 Å². The Balaban J connectivity index is 0.000000303. The van der Waals surface area contributed by atoms with Gasteiger partial charge in [0.15, 0.2) is 0 Å². The predicted octanol–water partition coefficient (Wildman–Crippen LogP) is 3.30. The highest BCUT2D eigenvalue weighted by molar-refractivity contribution is 6.36. The van der Waals surface area contributed by atoms with Crippen molar-refractivity contribution in [3.05, 3.63) is 56.2 Å². The predicted molar refractivity (Wildman–Crippen MR) is 122 cm³/mol. The van der Waals surface area contributed by atoms with Gasteiger partial charge in [-0.15, -0.1) is 11.5 Å². The highest BCUT2D eigenvalue weighted by Crippen LogP contribution is 2.33. The van der Waals surface area contributed by atoms with Crippen molar-refractivity contribution in [2.45, 2.75) is 39.7 Å². The monoisotopic (exact) mass is 479 g/mol. The normalized spacial score (nSPS) is 10.8. The molecular formula is C21H23Cl2N5O4. The van der Waals surface area contributed by atoms with E-state index >= 15 is 0 Å². The first-order valence-corrected chi connectivity index (χ1v) is 10.1. The Kier molecular flexibility index (Phi) is 8.27. The second-order valence-corrected chi connectivity index (χ2v) is 8.36. The van der Waals surface area contributed by atoms with Gasteiger partial charge >= 0.3 is 5.76 Å². The summed E-state index contributed by atoms with van der Waals surface area (Å²) in [6, 6.07) is 2.96. The number of nitrogen functional groups attached to an aromatic ring is 1. The molecule has 0 fully saturated rings. The molecule has 0 atom stereocenters. The molecule has 0 saturated heterocycles. The topological polar surface area (TPSA) is 129 Å². The molecule has 11 heteroatoms. The van der Waals surface area contributed by atoms with E-state index < -0.39 is 11.2 Å². The summed E-state index contributed by atoms with van der Waals surface area (Å²) in [7, 11) is 0. The van der Waals surface area contributed by atoms with Gasteiger partial charge in [-0.2, -0.15) is 4.68 Å². The van der Waals surface area contributed by atoms with Gasteiger partial charge in [0.05, 0.1) is 22.3 Å². The Hall–Kier alpha value is -3.06. The van der Waals surface area contributed by atoms with Crippen LogP contribution in [0.4, 0.5) is 5.82 Å². The third-order valence-electron chi connectivity index (χ3n) is 3.92. The van der Waals surface area contributed by atoms with E-state index in [1.54, 1.807) is 6.92 Å². The molecule has 3 N–H and O–H groups in total. The van der Waals surface area contributed by atoms with Crippen LogP contribution in [0.2, 0.25) is 10.0 Å². The van der Waals surface area contributed by atoms with E-state index in [1.165, 1.54) is 18.3 Å². The minimum atomic E-state index is -0.642. The standard InChI is InChI=1S/C15H14Cl2N2O3.C6H9N3O/c1-5-6-21-12-8-11(9(16)7-10(12)17)19-14(20)22-13(18-19)15(2,3)4;1-4-8-2-5(3-10)6(7)9-4/h1,7-8H,6H2,2-4H3;2,10H,3H2,1H3,(H2,7,8,9). The van der Waals surface area contributed by atoms with E-state index in [9.17, 15) is 4.79 Å². The third kappa shape index (κ3) is 6.23. The van der Waals surface area contributed by atoms with Crippen LogP contribution >= 0.6 is 23.2 Å². The Morgan fingerprint density at radius 2 is 2.00 bits per heavy atom. The number of nitrogens with two attached hydrogens (primary N) is 1. The minimum absolute atomic E-state index is 0.0434. The number of aliphatic hydroxyl groups is 1. The average Bonchev–Trinajstić information content (AvgIpc) is 3.10. The summed E-state index contributed by atoms with van der Waals surface area (Å²) in [5, 5.41) is 13.4. The number of anilines is 1. The number of rotatable bonds is 4. The van der Waals surface area contributed by atoms with Gasteiger partial charge in [0, 0.05) is 23.2 Å². The molecule has 0 radical (unpaired) electrons. The lowest BCUT2D eigenvalue weighted by Gasteiger charge is -2.11. The fourth-order valence-electron chi connectivity index (χ4n) is 2.28. The van der Waals surface area contributed by atoms with Gasteiger partial charge in [0.2, 0.25) is 5.89 Å². The second kappa shape index (κ2) is 10.5. The van der Waals surface area contributed by atoms with Crippen LogP contribution < -0.4 is 16.2 Å². The van der Waals surface area contributed by atoms with E-state index in [2.05, 4.69) is 21.0 Å². The SMILES string of the molecule is C#CCOc1cc(-n2nc(C(C)(C)C)oc2=O)c(Cl)cc1Cl.Cc1ncc(CO)c(N)n1. The maximum atomic E-state index is 12.0. The molecule has 0 saturated carbocycles. The average molecular weight is 480 g/mol. The maximum Gasteiger partial charge on any atom is 0.442 e. The first-order chi connectivity index (χ1) is 15.0. The molecule has 0 aliphatic rings. The zero-order valence-corrected chi connectivity index (χ0v) is 19.5. The molecule has 0 unspecified atom stereocenters. The van der Waals surface area contributed by atoms with E-state index in [0.29, 0.717) is 34.5 Å². The van der Waals surface area contributed by atoms with Crippen molar-refractivity contribution in [1.29, 1.82) is 0 Å². The first kappa shape index (κ1) is 25.2. The number of nitrogens with zero attached hydrogens (tertiary/aromatic N) is 4. The van der Waals surface area contributed by atoms with Crippen LogP contribution in [0.5, 0.6) is 5.75 Å². The molecule has 3 aromatic rings. The Morgan fingerprint density at radius 3 is 2.53 bits per heavy atom. The quantitative estimate of drug-likeness (QED) is 0.545. The van der Waals surface area contributed by atoms with Crippen LogP contribution in [-0.4, -0.2) is 31.5 Å². The van der Waals surface area contributed by atoms with Gasteiger partial charge in [0.1, 0.15) is 24.0 Å². The summed E-state index contributed by atoms with van der Waals surface area (Å²) < 4.78 is 11.6. The van der Waals surface area contributed by atoms with Crippen LogP contribution in [0.3, 0.4) is 0 Å². The summed E-state index contributed by atoms with van der Waals surface area (Å²) in [5.74, 6) is 3.28. The molecule has 0 amide bonds. The molecule has 0 aliphatic carbocycles. The second-order valence-electron chi connectivity index (χ2n) is 7.55. The van der Waals surface area contributed by atoms with Crippen molar-refractivity contribution in [2.24, 2.45) is 0 Å². The lowest BCUT2D eigenvalue weighted by atomic mass is 9.97. The molecular weight excluding hydrogens is 457 g/mol. The van der Waals surface area contributed by atoms with Crippen molar-refractivity contribution in [3.63, 3.8) is 0 Å². The van der Waals surface area contributed by atoms with Crippen molar-refractivity contribution in [2.75, 3.05) is 12.3 Å². The number of ether oxygens (including phenoxy) is 1. The highest BCUT2D eigenvalue weighted by atomic mass is 35.5. The molecule has 0 aliphatic heterocycles. The lowest BCUT2D eigenvalue weighted by molar-refractivity contribution is 0.281. The fourth-order valence-corrected chi connectivity index (χ4v) is 2.80. The van der Waals surface area contributed by atoms with Gasteiger partial charge in [-0.25, -0.2) is 14.8 Å². The zero-order valence-electron chi connectivity index (χ0n) is 18.0. The third-order valence-corrected chi connectivity index (χ3v) is 4.52.